The Bertz CT molecular complexity index is 870. The van der Waals surface area contributed by atoms with Gasteiger partial charge in [-0.05, 0) is 18.6 Å². The lowest BCUT2D eigenvalue weighted by Gasteiger charge is -2.25. The van der Waals surface area contributed by atoms with Crippen molar-refractivity contribution in [3.63, 3.8) is 0 Å². The summed E-state index contributed by atoms with van der Waals surface area (Å²) in [7, 11) is -0.751. The summed E-state index contributed by atoms with van der Waals surface area (Å²) in [6.07, 6.45) is 0.760. The number of halogens is 2. The van der Waals surface area contributed by atoms with Crippen LogP contribution in [0.2, 0.25) is 0 Å². The maximum Gasteiger partial charge on any atom is 0.211 e. The second-order valence-electron chi connectivity index (χ2n) is 5.88. The third kappa shape index (κ3) is 2.62. The number of hydrogen-bond donors (Lipinski definition) is 0. The molecule has 1 aliphatic rings. The number of rotatable bonds is 2. The third-order valence-electron chi connectivity index (χ3n) is 4.23. The molecule has 0 unspecified atom stereocenters. The van der Waals surface area contributed by atoms with Gasteiger partial charge in [0.1, 0.15) is 4.90 Å². The quantitative estimate of drug-likeness (QED) is 0.833. The van der Waals surface area contributed by atoms with Gasteiger partial charge in [-0.1, -0.05) is 18.2 Å². The lowest BCUT2D eigenvalue weighted by molar-refractivity contribution is 0.485. The second kappa shape index (κ2) is 6.05. The number of hydrogen-bond acceptors (Lipinski definition) is 4. The van der Waals surface area contributed by atoms with Crippen LogP contribution in [0.5, 0.6) is 0 Å². The Hall–Kier alpha value is -2.15. The molecule has 4 nitrogen and oxygen atoms in total. The Kier molecular flexibility index (Phi) is 4.21. The highest BCUT2D eigenvalue weighted by atomic mass is 32.2. The van der Waals surface area contributed by atoms with Crippen LogP contribution in [0.15, 0.2) is 46.2 Å². The molecule has 2 aromatic carbocycles. The van der Waals surface area contributed by atoms with Gasteiger partial charge in [-0.3, -0.25) is 0 Å². The minimum Gasteiger partial charge on any atom is -0.373 e. The molecule has 3 rings (SSSR count). The molecule has 1 aliphatic heterocycles. The number of sulfone groups is 1. The SMILES string of the molecule is CN1CCCN(C)c2c1cc(F)c(F)c2S(=O)(=O)c1ccccc1. The number of nitrogens with zero attached hydrogens (tertiary/aromatic N) is 2. The molecule has 24 heavy (non-hydrogen) atoms. The molecule has 2 aromatic rings. The van der Waals surface area contributed by atoms with Gasteiger partial charge in [-0.2, -0.15) is 0 Å². The lowest BCUT2D eigenvalue weighted by atomic mass is 10.2. The molecule has 1 heterocycles. The van der Waals surface area contributed by atoms with Crippen LogP contribution in [-0.2, 0) is 9.84 Å². The van der Waals surface area contributed by atoms with Crippen LogP contribution in [0.25, 0.3) is 0 Å². The number of benzene rings is 2. The van der Waals surface area contributed by atoms with Gasteiger partial charge in [0.15, 0.2) is 11.6 Å². The van der Waals surface area contributed by atoms with Crippen molar-refractivity contribution in [1.29, 1.82) is 0 Å². The molecule has 0 amide bonds. The van der Waals surface area contributed by atoms with Gasteiger partial charge in [-0.15, -0.1) is 0 Å². The van der Waals surface area contributed by atoms with Crippen molar-refractivity contribution in [3.05, 3.63) is 48.0 Å². The summed E-state index contributed by atoms with van der Waals surface area (Å²) in [5, 5.41) is 0. The maximum atomic E-state index is 14.6. The van der Waals surface area contributed by atoms with Gasteiger partial charge in [0.2, 0.25) is 9.84 Å². The minimum atomic E-state index is -4.19. The van der Waals surface area contributed by atoms with Gasteiger partial charge < -0.3 is 9.80 Å². The van der Waals surface area contributed by atoms with Gasteiger partial charge >= 0.3 is 0 Å². The molecule has 0 bridgehead atoms. The topological polar surface area (TPSA) is 40.6 Å². The van der Waals surface area contributed by atoms with Crippen molar-refractivity contribution in [2.45, 2.75) is 16.2 Å². The van der Waals surface area contributed by atoms with E-state index in [4.69, 9.17) is 0 Å². The highest BCUT2D eigenvalue weighted by Crippen LogP contribution is 2.41. The molecule has 128 valence electrons. The van der Waals surface area contributed by atoms with Crippen LogP contribution in [0.3, 0.4) is 0 Å². The van der Waals surface area contributed by atoms with E-state index in [0.717, 1.165) is 12.5 Å². The van der Waals surface area contributed by atoms with Crippen LogP contribution in [0.4, 0.5) is 20.2 Å². The largest absolute Gasteiger partial charge is 0.373 e. The molecule has 0 atom stereocenters. The van der Waals surface area contributed by atoms with Crippen molar-refractivity contribution >= 4 is 21.2 Å². The monoisotopic (exact) mass is 352 g/mol. The molecule has 0 saturated carbocycles. The first kappa shape index (κ1) is 16.7. The zero-order valence-electron chi connectivity index (χ0n) is 13.5. The Morgan fingerprint density at radius 3 is 2.29 bits per heavy atom. The van der Waals surface area contributed by atoms with E-state index in [9.17, 15) is 17.2 Å². The first-order valence-corrected chi connectivity index (χ1v) is 9.06. The van der Waals surface area contributed by atoms with E-state index in [1.54, 1.807) is 42.1 Å². The molecule has 0 radical (unpaired) electrons. The Labute approximate surface area is 140 Å². The maximum absolute atomic E-state index is 14.6. The van der Waals surface area contributed by atoms with Crippen LogP contribution >= 0.6 is 0 Å². The van der Waals surface area contributed by atoms with E-state index in [0.29, 0.717) is 18.8 Å². The standard InChI is InChI=1S/C17H18F2N2O2S/c1-20-9-6-10-21(2)16-14(20)11-13(18)15(19)17(16)24(22,23)12-7-4-3-5-8-12/h3-5,7-8,11H,6,9-10H2,1-2H3. The van der Waals surface area contributed by atoms with E-state index >= 15 is 0 Å². The highest BCUT2D eigenvalue weighted by molar-refractivity contribution is 7.91. The fourth-order valence-corrected chi connectivity index (χ4v) is 4.58. The summed E-state index contributed by atoms with van der Waals surface area (Å²) in [5.41, 5.74) is 0.584. The summed E-state index contributed by atoms with van der Waals surface area (Å²) in [5.74, 6) is -2.50. The van der Waals surface area contributed by atoms with Crippen molar-refractivity contribution in [2.75, 3.05) is 37.0 Å². The molecule has 0 saturated heterocycles. The van der Waals surface area contributed by atoms with Crippen molar-refractivity contribution < 1.29 is 17.2 Å². The summed E-state index contributed by atoms with van der Waals surface area (Å²) in [6, 6.07) is 8.61. The van der Waals surface area contributed by atoms with Crippen LogP contribution in [0, 0.1) is 11.6 Å². The van der Waals surface area contributed by atoms with Crippen LogP contribution in [-0.4, -0.2) is 35.6 Å². The van der Waals surface area contributed by atoms with E-state index in [1.165, 1.54) is 12.1 Å². The molecular weight excluding hydrogens is 334 g/mol. The fraction of sp³-hybridized carbons (Fsp3) is 0.294. The predicted molar refractivity (Wildman–Crippen MR) is 89.4 cm³/mol. The van der Waals surface area contributed by atoms with Gasteiger partial charge in [0.25, 0.3) is 0 Å². The summed E-state index contributed by atoms with van der Waals surface area (Å²) < 4.78 is 54.7. The molecular formula is C17H18F2N2O2S. The Morgan fingerprint density at radius 2 is 1.62 bits per heavy atom. The van der Waals surface area contributed by atoms with Gasteiger partial charge in [0.05, 0.1) is 16.3 Å². The zero-order valence-corrected chi connectivity index (χ0v) is 14.3. The predicted octanol–water partition coefficient (Wildman–Crippen LogP) is 3.07. The molecule has 7 heteroatoms. The van der Waals surface area contributed by atoms with Crippen LogP contribution < -0.4 is 9.80 Å². The van der Waals surface area contributed by atoms with Gasteiger partial charge in [0, 0.05) is 33.3 Å². The van der Waals surface area contributed by atoms with E-state index in [1.807, 2.05) is 0 Å². The number of anilines is 2. The molecule has 0 fully saturated rings. The molecule has 0 spiro atoms. The average Bonchev–Trinajstić information content (AvgIpc) is 2.69. The highest BCUT2D eigenvalue weighted by Gasteiger charge is 2.33. The minimum absolute atomic E-state index is 0.0583. The number of fused-ring (bicyclic) bond motifs is 1. The Morgan fingerprint density at radius 1 is 1.00 bits per heavy atom. The van der Waals surface area contributed by atoms with Crippen molar-refractivity contribution in [1.82, 2.24) is 0 Å². The molecule has 0 aromatic heterocycles. The van der Waals surface area contributed by atoms with E-state index < -0.39 is 26.4 Å². The van der Waals surface area contributed by atoms with E-state index in [-0.39, 0.29) is 10.6 Å². The first-order valence-electron chi connectivity index (χ1n) is 7.58. The molecule has 0 N–H and O–H groups in total. The zero-order chi connectivity index (χ0) is 17.5. The van der Waals surface area contributed by atoms with Crippen LogP contribution in [0.1, 0.15) is 6.42 Å². The lowest BCUT2D eigenvalue weighted by Crippen LogP contribution is -2.22. The van der Waals surface area contributed by atoms with Crippen molar-refractivity contribution in [3.8, 4) is 0 Å². The fourth-order valence-electron chi connectivity index (χ4n) is 2.98. The van der Waals surface area contributed by atoms with Crippen molar-refractivity contribution in [2.24, 2.45) is 0 Å². The average molecular weight is 352 g/mol. The Balaban J connectivity index is 2.36. The third-order valence-corrected chi connectivity index (χ3v) is 6.04. The summed E-state index contributed by atoms with van der Waals surface area (Å²) in [6.45, 7) is 1.19. The molecule has 0 aliphatic carbocycles. The van der Waals surface area contributed by atoms with E-state index in [2.05, 4.69) is 0 Å². The first-order chi connectivity index (χ1) is 11.3. The smallest absolute Gasteiger partial charge is 0.211 e. The normalized spacial score (nSPS) is 15.2. The van der Waals surface area contributed by atoms with Gasteiger partial charge in [-0.25, -0.2) is 17.2 Å². The second-order valence-corrected chi connectivity index (χ2v) is 7.77. The summed E-state index contributed by atoms with van der Waals surface area (Å²) >= 11 is 0. The summed E-state index contributed by atoms with van der Waals surface area (Å²) in [4.78, 5) is 2.78.